The van der Waals surface area contributed by atoms with E-state index in [1.807, 2.05) is 0 Å². The maximum atomic E-state index is 14.8. The molecule has 572 valence electrons. The molecule has 3 aromatic heterocycles. The van der Waals surface area contributed by atoms with Gasteiger partial charge in [0.15, 0.2) is 44.0 Å². The summed E-state index contributed by atoms with van der Waals surface area (Å²) >= 11 is 6.14. The fourth-order valence-corrected chi connectivity index (χ4v) is 13.9. The van der Waals surface area contributed by atoms with Crippen molar-refractivity contribution in [3.63, 3.8) is 0 Å². The number of carbonyl (C=O) groups is 2. The van der Waals surface area contributed by atoms with Crippen molar-refractivity contribution in [1.82, 2.24) is 14.7 Å². The van der Waals surface area contributed by atoms with E-state index in [2.05, 4.69) is 10.3 Å². The molecule has 4 aromatic rings. The van der Waals surface area contributed by atoms with Crippen LogP contribution in [0, 0.1) is 0 Å². The first kappa shape index (κ1) is 77.8. The fraction of sp³-hybridized carbons (Fsp3) is 0.667. The quantitative estimate of drug-likeness (QED) is 0.0586. The molecule has 0 aliphatic carbocycles. The van der Waals surface area contributed by atoms with E-state index in [0.29, 0.717) is 16.1 Å². The highest BCUT2D eigenvalue weighted by atomic mass is 35.5. The average molecular weight is 1490 g/mol. The summed E-state index contributed by atoms with van der Waals surface area (Å²) in [6, 6.07) is 13.9. The summed E-state index contributed by atoms with van der Waals surface area (Å²) in [5, 5.41) is 230. The Morgan fingerprint density at radius 3 is 0.961 bits per heavy atom. The van der Waals surface area contributed by atoms with Gasteiger partial charge >= 0.3 is 0 Å². The molecule has 0 unspecified atom stereocenters. The van der Waals surface area contributed by atoms with Gasteiger partial charge in [0, 0.05) is 35.7 Å². The number of fused-ring (bicyclic) bond motifs is 1. The Morgan fingerprint density at radius 1 is 0.369 bits per heavy atom. The van der Waals surface area contributed by atoms with E-state index in [0.717, 1.165) is 0 Å². The number of ketones is 1. The van der Waals surface area contributed by atoms with Crippen molar-refractivity contribution in [3.05, 3.63) is 95.0 Å². The largest absolute Gasteiger partial charge is 0.394 e. The molecule has 1 aromatic carbocycles. The van der Waals surface area contributed by atoms with E-state index in [1.165, 1.54) is 47.1 Å². The summed E-state index contributed by atoms with van der Waals surface area (Å²) in [4.78, 5) is 33.1. The van der Waals surface area contributed by atoms with Crippen LogP contribution >= 0.6 is 11.6 Å². The number of aromatic nitrogens is 2. The molecule has 35 atom stereocenters. The van der Waals surface area contributed by atoms with Crippen LogP contribution < -0.4 is 5.32 Å². The Hall–Kier alpha value is -4.80. The van der Waals surface area contributed by atoms with Gasteiger partial charge in [0.2, 0.25) is 5.78 Å². The molecular weight excluding hydrogens is 1410 g/mol. The number of nitrogens with one attached hydrogen (secondary N) is 1. The monoisotopic (exact) mass is 1490 g/mol. The highest BCUT2D eigenvalue weighted by Crippen LogP contribution is 2.40. The minimum Gasteiger partial charge on any atom is -0.394 e. The first-order chi connectivity index (χ1) is 49.3. The normalized spacial score (nSPS) is 44.3. The van der Waals surface area contributed by atoms with Crippen LogP contribution in [0.5, 0.6) is 0 Å². The van der Waals surface area contributed by atoms with Crippen molar-refractivity contribution in [2.45, 2.75) is 215 Å². The number of aliphatic hydroxyl groups excluding tert-OH is 20. The topological polar surface area (TPSA) is 597 Å². The van der Waals surface area contributed by atoms with Crippen LogP contribution in [0.4, 0.5) is 0 Å². The number of ether oxygens (including phenoxy) is 14. The first-order valence-corrected chi connectivity index (χ1v) is 33.2. The van der Waals surface area contributed by atoms with Gasteiger partial charge in [-0.1, -0.05) is 11.6 Å². The summed E-state index contributed by atoms with van der Waals surface area (Å²) in [7, 11) is 0. The maximum Gasteiger partial charge on any atom is 0.253 e. The van der Waals surface area contributed by atoms with Crippen molar-refractivity contribution < 1.29 is 178 Å². The van der Waals surface area contributed by atoms with E-state index in [9.17, 15) is 112 Å². The Morgan fingerprint density at radius 2 is 0.660 bits per heavy atom. The number of amides is 1. The van der Waals surface area contributed by atoms with Gasteiger partial charge in [-0.2, -0.15) is 0 Å². The van der Waals surface area contributed by atoms with Gasteiger partial charge in [0.05, 0.1) is 56.4 Å². The van der Waals surface area contributed by atoms with Crippen LogP contribution in [0.2, 0.25) is 5.02 Å². The zero-order valence-electron chi connectivity index (χ0n) is 53.8. The van der Waals surface area contributed by atoms with Gasteiger partial charge in [-0.25, -0.2) is 0 Å². The van der Waals surface area contributed by atoms with Gasteiger partial charge in [0.25, 0.3) is 5.91 Å². The number of rotatable bonds is 12. The number of benzene rings is 1. The first-order valence-electron chi connectivity index (χ1n) is 32.8. The number of carbonyl (C=O) groups excluding carboxylic acids is 2. The number of hydrogen-bond donors (Lipinski definition) is 21. The number of pyridine rings is 2. The standard InChI is InChI=1S/C63H82ClN3O36/c64-23-3-1-21(2-4-23)34(74)26-12-24(25-11-22(7-10-67(25)26)20-5-8-65-9-6-20)56(89)66-13-27-49-35(75)42(82)57(90-27)98-50-28(14-68)92-59(44(84)37(50)77)100-52-30(16-70)94-61(46(86)39(52)79)102-54-32(18-72)96-63(48(88)41(54)81)103-55-33(19-73)95-62(47(87)40(55)80)101-53-31(17-71)93-60(45(85)38(53)78)99-51-29(15-69)91-58(97-49)43(83)36(51)76/h1-12,27-33,35-55,57-63,68-73,75-88H,13-19H2,(H,66,89)/t27-,28-,29-,30-,31-,32-,33-,35-,36-,37-,38-,39-,40-,41-,42-,43-,44-,45-,46-,47-,48-,49-,50-,51-,52-,53-,54-,55-,57-,58-,59-,60-,61-,62-,63-/m1/s1. The van der Waals surface area contributed by atoms with Crippen molar-refractivity contribution >= 4 is 28.8 Å². The zero-order chi connectivity index (χ0) is 73.7. The van der Waals surface area contributed by atoms with Crippen LogP contribution in [-0.4, -0.2) is 384 Å². The predicted molar refractivity (Wildman–Crippen MR) is 329 cm³/mol. The Kier molecular flexibility index (Phi) is 24.9. The lowest BCUT2D eigenvalue weighted by Gasteiger charge is -2.50. The molecule has 0 radical (unpaired) electrons. The summed E-state index contributed by atoms with van der Waals surface area (Å²) < 4.78 is 83.5. The molecule has 21 fully saturated rings. The second-order valence-corrected chi connectivity index (χ2v) is 26.3. The smallest absolute Gasteiger partial charge is 0.253 e. The van der Waals surface area contributed by atoms with Gasteiger partial charge in [-0.3, -0.25) is 14.6 Å². The summed E-state index contributed by atoms with van der Waals surface area (Å²) in [6.45, 7) is -7.38. The molecular formula is C63H82ClN3O36. The summed E-state index contributed by atoms with van der Waals surface area (Å²) in [6.07, 6.45) is -68.5. The Labute approximate surface area is 587 Å². The van der Waals surface area contributed by atoms with E-state index < -0.39 is 273 Å². The average Bonchev–Trinajstić information content (AvgIpc) is 1.76. The van der Waals surface area contributed by atoms with Gasteiger partial charge < -0.3 is 178 Å². The third-order valence-electron chi connectivity index (χ3n) is 19.4. The lowest BCUT2D eigenvalue weighted by Crippen LogP contribution is -2.68. The predicted octanol–water partition coefficient (Wildman–Crippen LogP) is -10.6. The van der Waals surface area contributed by atoms with Crippen molar-refractivity contribution in [1.29, 1.82) is 0 Å². The third kappa shape index (κ3) is 15.4. The molecule has 25 rings (SSSR count). The number of aliphatic hydroxyl groups is 20. The highest BCUT2D eigenvalue weighted by molar-refractivity contribution is 6.30. The molecule has 0 spiro atoms. The zero-order valence-corrected chi connectivity index (χ0v) is 54.6. The lowest BCUT2D eigenvalue weighted by molar-refractivity contribution is -0.396. The van der Waals surface area contributed by atoms with Crippen LogP contribution in [-0.2, 0) is 66.3 Å². The Bertz CT molecular complexity index is 3450. The van der Waals surface area contributed by atoms with E-state index in [1.54, 1.807) is 30.5 Å². The molecule has 21 aliphatic rings. The number of halogens is 1. The molecule has 21 saturated heterocycles. The highest BCUT2D eigenvalue weighted by Gasteiger charge is 2.60. The molecule has 40 heteroatoms. The van der Waals surface area contributed by atoms with Gasteiger partial charge in [0.1, 0.15) is 171 Å². The maximum absolute atomic E-state index is 14.8. The molecule has 21 N–H and O–H groups in total. The number of hydrogen-bond acceptors (Lipinski definition) is 37. The molecule has 21 aliphatic heterocycles. The van der Waals surface area contributed by atoms with Crippen LogP contribution in [0.1, 0.15) is 26.4 Å². The Balaban J connectivity index is 0.861. The van der Waals surface area contributed by atoms with Crippen LogP contribution in [0.25, 0.3) is 16.6 Å². The lowest BCUT2D eigenvalue weighted by atomic mass is 9.95. The van der Waals surface area contributed by atoms with E-state index in [4.69, 9.17) is 77.9 Å². The third-order valence-corrected chi connectivity index (χ3v) is 19.7. The van der Waals surface area contributed by atoms with E-state index >= 15 is 0 Å². The molecule has 1 amide bonds. The minimum atomic E-state index is -2.35. The molecule has 103 heavy (non-hydrogen) atoms. The van der Waals surface area contributed by atoms with Crippen molar-refractivity contribution in [2.24, 2.45) is 0 Å². The molecule has 39 nitrogen and oxygen atoms in total. The SMILES string of the molecule is O=C(NC[C@H]1O[C@@H]2O[C@H]3[C@H](O)[C@@H](O)[C@@H](O[C@H]4[C@H](O)[C@@H](O)[C@@H](O[C@H]5[C@H](O)[C@@H](O)[C@@H](O[C@H]6[C@H](O)[C@@H](O)[C@@H](O[C@H]7[C@H](O)[C@@H](O)[C@@H](O[C@H]8[C@H](O)[C@@H](O)[C@@H](O[C@H]1[C@H](O)[C@H]2O)O[C@@H]8CO)O[C@@H]7CO)O[C@@H]6CO)O[C@@H]5CO)O[C@@H]4CO)O[C@@H]3CO)c1cc(C(=O)c2ccc(Cl)cc2)n2ccc(-c3ccncc3)cc12. The van der Waals surface area contributed by atoms with Crippen molar-refractivity contribution in [3.8, 4) is 11.1 Å². The van der Waals surface area contributed by atoms with Crippen LogP contribution in [0.3, 0.4) is 0 Å². The van der Waals surface area contributed by atoms with Gasteiger partial charge in [-0.15, -0.1) is 0 Å². The van der Waals surface area contributed by atoms with Crippen LogP contribution in [0.15, 0.2) is 73.2 Å². The van der Waals surface area contributed by atoms with E-state index in [-0.39, 0.29) is 22.3 Å². The molecule has 14 bridgehead atoms. The minimum absolute atomic E-state index is 0.00137. The van der Waals surface area contributed by atoms with Gasteiger partial charge in [-0.05, 0) is 65.7 Å². The van der Waals surface area contributed by atoms with Crippen molar-refractivity contribution in [2.75, 3.05) is 46.2 Å². The molecule has 0 saturated carbocycles. The second-order valence-electron chi connectivity index (χ2n) is 25.9. The summed E-state index contributed by atoms with van der Waals surface area (Å²) in [5.74, 6) is -1.47. The molecule has 24 heterocycles. The fourth-order valence-electron chi connectivity index (χ4n) is 13.7. The summed E-state index contributed by atoms with van der Waals surface area (Å²) in [5.41, 5.74) is 1.47. The number of nitrogens with zero attached hydrogens (tertiary/aromatic N) is 2. The second kappa shape index (κ2) is 33.0.